The van der Waals surface area contributed by atoms with Gasteiger partial charge in [0.1, 0.15) is 0 Å². The third-order valence-electron chi connectivity index (χ3n) is 4.36. The molecule has 0 bridgehead atoms. The summed E-state index contributed by atoms with van der Waals surface area (Å²) in [6.45, 7) is 0. The fourth-order valence-corrected chi connectivity index (χ4v) is 3.25. The first-order valence-electron chi connectivity index (χ1n) is 7.97. The Kier molecular flexibility index (Phi) is 12.1. The zero-order valence-corrected chi connectivity index (χ0v) is 14.4. The van der Waals surface area contributed by atoms with Crippen LogP contribution in [0, 0.1) is 11.8 Å². The largest absolute Gasteiger partial charge is 2.00 e. The summed E-state index contributed by atoms with van der Waals surface area (Å²) < 4.78 is 0. The standard InChI is InChI=1S/2C8H14O2.Mg/c2*9-8(10)6-7-4-2-1-3-5-7;/h2*7H,1-6H2,(H,9,10);/q;;+2/p-2. The van der Waals surface area contributed by atoms with Gasteiger partial charge in [-0.05, 0) is 24.7 Å². The number of carbonyl (C=O) groups is 2. The van der Waals surface area contributed by atoms with E-state index in [-0.39, 0.29) is 35.9 Å². The van der Waals surface area contributed by atoms with Crippen LogP contribution in [0.4, 0.5) is 0 Å². The van der Waals surface area contributed by atoms with E-state index in [0.29, 0.717) is 11.8 Å². The topological polar surface area (TPSA) is 80.3 Å². The van der Waals surface area contributed by atoms with Crippen LogP contribution in [-0.2, 0) is 9.59 Å². The van der Waals surface area contributed by atoms with E-state index in [4.69, 9.17) is 0 Å². The van der Waals surface area contributed by atoms with E-state index >= 15 is 0 Å². The summed E-state index contributed by atoms with van der Waals surface area (Å²) in [5.41, 5.74) is 0. The van der Waals surface area contributed by atoms with E-state index < -0.39 is 11.9 Å². The molecule has 0 atom stereocenters. The molecule has 2 aliphatic rings. The van der Waals surface area contributed by atoms with E-state index in [1.807, 2.05) is 0 Å². The molecule has 2 rings (SSSR count). The Hall–Kier alpha value is -0.294. The molecule has 116 valence electrons. The van der Waals surface area contributed by atoms with Crippen molar-refractivity contribution in [3.63, 3.8) is 0 Å². The third kappa shape index (κ3) is 11.0. The average molecular weight is 307 g/mol. The van der Waals surface area contributed by atoms with Gasteiger partial charge >= 0.3 is 23.1 Å². The molecule has 0 N–H and O–H groups in total. The van der Waals surface area contributed by atoms with E-state index in [0.717, 1.165) is 25.7 Å². The minimum absolute atomic E-state index is 0. The predicted octanol–water partition coefficient (Wildman–Crippen LogP) is 1.03. The number of hydrogen-bond donors (Lipinski definition) is 0. The number of carbonyl (C=O) groups excluding carboxylic acids is 2. The van der Waals surface area contributed by atoms with Gasteiger partial charge in [0.05, 0.1) is 0 Å². The first kappa shape index (κ1) is 20.7. The minimum atomic E-state index is -0.882. The Morgan fingerprint density at radius 3 is 1.19 bits per heavy atom. The first-order valence-corrected chi connectivity index (χ1v) is 7.97. The molecule has 0 radical (unpaired) electrons. The Labute approximate surface area is 143 Å². The molecule has 0 saturated heterocycles. The summed E-state index contributed by atoms with van der Waals surface area (Å²) in [6, 6.07) is 0. The molecule has 0 aliphatic heterocycles. The molecular weight excluding hydrogens is 280 g/mol. The fraction of sp³-hybridized carbons (Fsp3) is 0.875. The number of hydrogen-bond acceptors (Lipinski definition) is 4. The van der Waals surface area contributed by atoms with Gasteiger partial charge < -0.3 is 19.8 Å². The van der Waals surface area contributed by atoms with Crippen LogP contribution in [0.1, 0.15) is 77.0 Å². The zero-order chi connectivity index (χ0) is 14.8. The second-order valence-electron chi connectivity index (χ2n) is 6.16. The molecule has 0 aromatic heterocycles. The molecular formula is C16H26MgO4. The normalized spacial score (nSPS) is 19.8. The molecule has 0 spiro atoms. The first-order chi connectivity index (χ1) is 9.58. The van der Waals surface area contributed by atoms with Gasteiger partial charge in [0, 0.05) is 11.9 Å². The average Bonchev–Trinajstić information content (AvgIpc) is 2.40. The molecule has 4 nitrogen and oxygen atoms in total. The number of carboxylic acids is 2. The number of aliphatic carboxylic acids is 2. The Morgan fingerprint density at radius 2 is 0.952 bits per heavy atom. The molecule has 0 aromatic carbocycles. The smallest absolute Gasteiger partial charge is 0.550 e. The summed E-state index contributed by atoms with van der Waals surface area (Å²) in [6.07, 6.45) is 12.3. The molecule has 0 amide bonds. The fourth-order valence-electron chi connectivity index (χ4n) is 3.25. The molecule has 0 unspecified atom stereocenters. The maximum absolute atomic E-state index is 10.2. The second kappa shape index (κ2) is 12.3. The Bertz CT molecular complexity index is 265. The Balaban J connectivity index is 0.000000364. The van der Waals surface area contributed by atoms with Crippen LogP contribution in [0.5, 0.6) is 0 Å². The van der Waals surface area contributed by atoms with Gasteiger partial charge in [-0.15, -0.1) is 0 Å². The molecule has 2 fully saturated rings. The van der Waals surface area contributed by atoms with E-state index in [2.05, 4.69) is 0 Å². The van der Waals surface area contributed by atoms with Gasteiger partial charge in [-0.25, -0.2) is 0 Å². The van der Waals surface area contributed by atoms with Gasteiger partial charge in [0.15, 0.2) is 0 Å². The number of carboxylic acid groups (broad SMARTS) is 2. The summed E-state index contributed by atoms with van der Waals surface area (Å²) in [5, 5.41) is 20.3. The monoisotopic (exact) mass is 306 g/mol. The molecule has 0 heterocycles. The Morgan fingerprint density at radius 1 is 0.667 bits per heavy atom. The van der Waals surface area contributed by atoms with Crippen molar-refractivity contribution in [1.29, 1.82) is 0 Å². The summed E-state index contributed by atoms with van der Waals surface area (Å²) in [5.74, 6) is -0.934. The van der Waals surface area contributed by atoms with Gasteiger partial charge in [-0.2, -0.15) is 0 Å². The van der Waals surface area contributed by atoms with Gasteiger partial charge in [0.2, 0.25) is 0 Å². The van der Waals surface area contributed by atoms with Crippen LogP contribution < -0.4 is 10.2 Å². The van der Waals surface area contributed by atoms with Crippen molar-refractivity contribution >= 4 is 35.0 Å². The second-order valence-corrected chi connectivity index (χ2v) is 6.16. The van der Waals surface area contributed by atoms with Crippen LogP contribution in [0.2, 0.25) is 0 Å². The predicted molar refractivity (Wildman–Crippen MR) is 78.2 cm³/mol. The SMILES string of the molecule is O=C([O-])CC1CCCCC1.O=C([O-])CC1CCCCC1.[Mg+2]. The van der Waals surface area contributed by atoms with Crippen molar-refractivity contribution in [3.8, 4) is 0 Å². The van der Waals surface area contributed by atoms with Crippen LogP contribution in [0.25, 0.3) is 0 Å². The minimum Gasteiger partial charge on any atom is -0.550 e. The van der Waals surface area contributed by atoms with Crippen LogP contribution >= 0.6 is 0 Å². The molecule has 0 aromatic rings. The van der Waals surface area contributed by atoms with Crippen molar-refractivity contribution in [2.45, 2.75) is 77.0 Å². The molecule has 2 aliphatic carbocycles. The summed E-state index contributed by atoms with van der Waals surface area (Å²) in [4.78, 5) is 20.3. The van der Waals surface area contributed by atoms with Crippen LogP contribution in [-0.4, -0.2) is 35.0 Å². The summed E-state index contributed by atoms with van der Waals surface area (Å²) >= 11 is 0. The zero-order valence-electron chi connectivity index (χ0n) is 13.0. The molecule has 2 saturated carbocycles. The van der Waals surface area contributed by atoms with Gasteiger partial charge in [-0.3, -0.25) is 0 Å². The van der Waals surface area contributed by atoms with Crippen LogP contribution in [0.3, 0.4) is 0 Å². The van der Waals surface area contributed by atoms with E-state index in [1.54, 1.807) is 0 Å². The quantitative estimate of drug-likeness (QED) is 0.727. The van der Waals surface area contributed by atoms with Crippen molar-refractivity contribution in [1.82, 2.24) is 0 Å². The van der Waals surface area contributed by atoms with E-state index in [9.17, 15) is 19.8 Å². The van der Waals surface area contributed by atoms with Crippen molar-refractivity contribution in [2.75, 3.05) is 0 Å². The van der Waals surface area contributed by atoms with E-state index in [1.165, 1.54) is 38.5 Å². The van der Waals surface area contributed by atoms with Crippen LogP contribution in [0.15, 0.2) is 0 Å². The van der Waals surface area contributed by atoms with Crippen molar-refractivity contribution < 1.29 is 19.8 Å². The molecule has 5 heteroatoms. The maximum Gasteiger partial charge on any atom is 2.00 e. The third-order valence-corrected chi connectivity index (χ3v) is 4.36. The van der Waals surface area contributed by atoms with Crippen molar-refractivity contribution in [2.24, 2.45) is 11.8 Å². The van der Waals surface area contributed by atoms with Gasteiger partial charge in [-0.1, -0.05) is 64.2 Å². The number of rotatable bonds is 4. The maximum atomic E-state index is 10.2. The van der Waals surface area contributed by atoms with Gasteiger partial charge in [0.25, 0.3) is 0 Å². The molecule has 21 heavy (non-hydrogen) atoms. The summed E-state index contributed by atoms with van der Waals surface area (Å²) in [7, 11) is 0. The van der Waals surface area contributed by atoms with Crippen molar-refractivity contribution in [3.05, 3.63) is 0 Å².